The largest absolute Gasteiger partial charge is 0.374 e. The Balaban J connectivity index is 1.93. The zero-order valence-electron chi connectivity index (χ0n) is 8.62. The standard InChI is InChI=1S/C10H20N2O/c1-8(2)7-12-3-4-13-10-6-11-5-9(10)12/h8-11H,3-7H2,1-2H3/t9-,10-/m1/s1. The number of nitrogens with zero attached hydrogens (tertiary/aromatic N) is 1. The van der Waals surface area contributed by atoms with E-state index in [0.29, 0.717) is 12.1 Å². The smallest absolute Gasteiger partial charge is 0.0867 e. The Labute approximate surface area is 80.4 Å². The number of hydrogen-bond donors (Lipinski definition) is 1. The van der Waals surface area contributed by atoms with Crippen molar-refractivity contribution in [3.63, 3.8) is 0 Å². The molecule has 0 radical (unpaired) electrons. The van der Waals surface area contributed by atoms with E-state index in [1.807, 2.05) is 0 Å². The molecule has 2 saturated heterocycles. The molecular weight excluding hydrogens is 164 g/mol. The molecule has 0 amide bonds. The van der Waals surface area contributed by atoms with Gasteiger partial charge in [0.05, 0.1) is 12.7 Å². The van der Waals surface area contributed by atoms with Crippen LogP contribution in [0, 0.1) is 5.92 Å². The van der Waals surface area contributed by atoms with Crippen molar-refractivity contribution in [2.75, 3.05) is 32.8 Å². The molecule has 0 aliphatic carbocycles. The van der Waals surface area contributed by atoms with Gasteiger partial charge in [0.1, 0.15) is 0 Å². The van der Waals surface area contributed by atoms with E-state index in [1.54, 1.807) is 0 Å². The lowest BCUT2D eigenvalue weighted by Gasteiger charge is -2.37. The summed E-state index contributed by atoms with van der Waals surface area (Å²) in [7, 11) is 0. The summed E-state index contributed by atoms with van der Waals surface area (Å²) in [6.07, 6.45) is 0.451. The molecule has 0 saturated carbocycles. The Bertz CT molecular complexity index is 172. The molecule has 3 nitrogen and oxygen atoms in total. The van der Waals surface area contributed by atoms with Gasteiger partial charge in [-0.05, 0) is 5.92 Å². The van der Waals surface area contributed by atoms with Crippen molar-refractivity contribution in [1.82, 2.24) is 10.2 Å². The van der Waals surface area contributed by atoms with Gasteiger partial charge in [0.2, 0.25) is 0 Å². The van der Waals surface area contributed by atoms with Gasteiger partial charge >= 0.3 is 0 Å². The Kier molecular flexibility index (Phi) is 2.86. The third-order valence-corrected chi connectivity index (χ3v) is 2.91. The predicted octanol–water partition coefficient (Wildman–Crippen LogP) is 0.315. The fraction of sp³-hybridized carbons (Fsp3) is 1.00. The average molecular weight is 184 g/mol. The number of hydrogen-bond acceptors (Lipinski definition) is 3. The maximum atomic E-state index is 5.71. The van der Waals surface area contributed by atoms with Crippen molar-refractivity contribution in [1.29, 1.82) is 0 Å². The first kappa shape index (κ1) is 9.44. The lowest BCUT2D eigenvalue weighted by molar-refractivity contribution is -0.0501. The van der Waals surface area contributed by atoms with Crippen molar-refractivity contribution < 1.29 is 4.74 Å². The lowest BCUT2D eigenvalue weighted by Crippen LogP contribution is -2.51. The Hall–Kier alpha value is -0.120. The van der Waals surface area contributed by atoms with Gasteiger partial charge in [0.15, 0.2) is 0 Å². The number of morpholine rings is 1. The summed E-state index contributed by atoms with van der Waals surface area (Å²) in [5.41, 5.74) is 0. The van der Waals surface area contributed by atoms with Crippen molar-refractivity contribution in [2.24, 2.45) is 5.92 Å². The first-order valence-electron chi connectivity index (χ1n) is 5.33. The minimum absolute atomic E-state index is 0.451. The Morgan fingerprint density at radius 2 is 2.31 bits per heavy atom. The van der Waals surface area contributed by atoms with Crippen LogP contribution in [0.4, 0.5) is 0 Å². The zero-order chi connectivity index (χ0) is 9.26. The molecule has 2 atom stereocenters. The molecule has 0 aromatic rings. The van der Waals surface area contributed by atoms with Gasteiger partial charge < -0.3 is 10.1 Å². The summed E-state index contributed by atoms with van der Waals surface area (Å²) in [4.78, 5) is 2.58. The Morgan fingerprint density at radius 3 is 3.08 bits per heavy atom. The molecule has 0 aromatic heterocycles. The molecule has 13 heavy (non-hydrogen) atoms. The van der Waals surface area contributed by atoms with E-state index in [-0.39, 0.29) is 0 Å². The topological polar surface area (TPSA) is 24.5 Å². The van der Waals surface area contributed by atoms with Crippen LogP contribution in [0.1, 0.15) is 13.8 Å². The minimum Gasteiger partial charge on any atom is -0.374 e. The summed E-state index contributed by atoms with van der Waals surface area (Å²) < 4.78 is 5.71. The summed E-state index contributed by atoms with van der Waals surface area (Å²) in [6.45, 7) is 9.96. The van der Waals surface area contributed by atoms with E-state index in [0.717, 1.165) is 32.2 Å². The molecule has 0 aromatic carbocycles. The SMILES string of the molecule is CC(C)CN1CCO[C@@H]2CNC[C@H]21. The monoisotopic (exact) mass is 184 g/mol. The molecule has 76 valence electrons. The van der Waals surface area contributed by atoms with Gasteiger partial charge in [0, 0.05) is 32.2 Å². The number of fused-ring (bicyclic) bond motifs is 1. The molecule has 2 rings (SSSR count). The van der Waals surface area contributed by atoms with Crippen molar-refractivity contribution in [3.05, 3.63) is 0 Å². The van der Waals surface area contributed by atoms with E-state index < -0.39 is 0 Å². The molecular formula is C10H20N2O. The lowest BCUT2D eigenvalue weighted by atomic mass is 10.1. The van der Waals surface area contributed by atoms with Gasteiger partial charge in [-0.1, -0.05) is 13.8 Å². The van der Waals surface area contributed by atoms with Crippen molar-refractivity contribution in [3.8, 4) is 0 Å². The molecule has 1 N–H and O–H groups in total. The molecule has 0 spiro atoms. The summed E-state index contributed by atoms with van der Waals surface area (Å²) in [5, 5.41) is 3.40. The van der Waals surface area contributed by atoms with E-state index in [4.69, 9.17) is 4.74 Å². The highest BCUT2D eigenvalue weighted by Crippen LogP contribution is 2.18. The van der Waals surface area contributed by atoms with Gasteiger partial charge in [-0.15, -0.1) is 0 Å². The number of ether oxygens (including phenoxy) is 1. The number of nitrogens with one attached hydrogen (secondary N) is 1. The van der Waals surface area contributed by atoms with E-state index in [2.05, 4.69) is 24.1 Å². The second-order valence-corrected chi connectivity index (χ2v) is 4.52. The Morgan fingerprint density at radius 1 is 1.46 bits per heavy atom. The van der Waals surface area contributed by atoms with Crippen LogP contribution in [0.3, 0.4) is 0 Å². The second kappa shape index (κ2) is 3.95. The number of rotatable bonds is 2. The van der Waals surface area contributed by atoms with Crippen LogP contribution in [0.5, 0.6) is 0 Å². The van der Waals surface area contributed by atoms with Gasteiger partial charge in [0.25, 0.3) is 0 Å². The molecule has 2 heterocycles. The van der Waals surface area contributed by atoms with Crippen molar-refractivity contribution >= 4 is 0 Å². The third kappa shape index (κ3) is 2.03. The van der Waals surface area contributed by atoms with Gasteiger partial charge in [-0.25, -0.2) is 0 Å². The van der Waals surface area contributed by atoms with Gasteiger partial charge in [-0.3, -0.25) is 4.90 Å². The highest BCUT2D eigenvalue weighted by atomic mass is 16.5. The highest BCUT2D eigenvalue weighted by molar-refractivity contribution is 4.92. The van der Waals surface area contributed by atoms with E-state index in [1.165, 1.54) is 6.54 Å². The van der Waals surface area contributed by atoms with Crippen LogP contribution in [0.2, 0.25) is 0 Å². The highest BCUT2D eigenvalue weighted by Gasteiger charge is 2.35. The zero-order valence-corrected chi connectivity index (χ0v) is 8.62. The molecule has 0 unspecified atom stereocenters. The van der Waals surface area contributed by atoms with Crippen LogP contribution in [-0.2, 0) is 4.74 Å². The minimum atomic E-state index is 0.451. The van der Waals surface area contributed by atoms with Crippen molar-refractivity contribution in [2.45, 2.75) is 26.0 Å². The fourth-order valence-corrected chi connectivity index (χ4v) is 2.36. The normalized spacial score (nSPS) is 35.3. The molecule has 2 fully saturated rings. The van der Waals surface area contributed by atoms with Gasteiger partial charge in [-0.2, -0.15) is 0 Å². The van der Waals surface area contributed by atoms with E-state index in [9.17, 15) is 0 Å². The molecule has 2 aliphatic heterocycles. The van der Waals surface area contributed by atoms with Crippen LogP contribution in [-0.4, -0.2) is 49.8 Å². The van der Waals surface area contributed by atoms with Crippen LogP contribution in [0.15, 0.2) is 0 Å². The molecule has 3 heteroatoms. The maximum absolute atomic E-state index is 5.71. The summed E-state index contributed by atoms with van der Waals surface area (Å²) in [5.74, 6) is 0.763. The average Bonchev–Trinajstić information content (AvgIpc) is 2.51. The predicted molar refractivity (Wildman–Crippen MR) is 52.8 cm³/mol. The quantitative estimate of drug-likeness (QED) is 0.668. The third-order valence-electron chi connectivity index (χ3n) is 2.91. The molecule has 2 aliphatic rings. The fourth-order valence-electron chi connectivity index (χ4n) is 2.36. The van der Waals surface area contributed by atoms with Crippen LogP contribution >= 0.6 is 0 Å². The molecule has 0 bridgehead atoms. The van der Waals surface area contributed by atoms with E-state index >= 15 is 0 Å². The first-order chi connectivity index (χ1) is 6.27. The van der Waals surface area contributed by atoms with Crippen LogP contribution in [0.25, 0.3) is 0 Å². The van der Waals surface area contributed by atoms with Crippen LogP contribution < -0.4 is 5.32 Å². The second-order valence-electron chi connectivity index (χ2n) is 4.52. The summed E-state index contributed by atoms with van der Waals surface area (Å²) >= 11 is 0. The maximum Gasteiger partial charge on any atom is 0.0867 e. The summed E-state index contributed by atoms with van der Waals surface area (Å²) in [6, 6.07) is 0.635. The first-order valence-corrected chi connectivity index (χ1v) is 5.33.